The minimum Gasteiger partial charge on any atom is -0.456 e. The fourth-order valence-electron chi connectivity index (χ4n) is 2.08. The fourth-order valence-corrected chi connectivity index (χ4v) is 2.35. The van der Waals surface area contributed by atoms with Crippen LogP contribution in [-0.4, -0.2) is 18.5 Å². The van der Waals surface area contributed by atoms with Crippen molar-refractivity contribution in [2.24, 2.45) is 0 Å². The molecular weight excluding hydrogens is 358 g/mol. The van der Waals surface area contributed by atoms with E-state index in [-0.39, 0.29) is 30.8 Å². The van der Waals surface area contributed by atoms with Crippen LogP contribution in [0.5, 0.6) is 0 Å². The number of benzene rings is 2. The van der Waals surface area contributed by atoms with Crippen LogP contribution in [0.15, 0.2) is 59.1 Å². The van der Waals surface area contributed by atoms with Crippen molar-refractivity contribution < 1.29 is 14.3 Å². The van der Waals surface area contributed by atoms with Crippen LogP contribution in [-0.2, 0) is 14.3 Å². The summed E-state index contributed by atoms with van der Waals surface area (Å²) < 4.78 is 5.96. The summed E-state index contributed by atoms with van der Waals surface area (Å²) >= 11 is 3.32. The summed E-state index contributed by atoms with van der Waals surface area (Å²) in [5.74, 6) is -0.682. The predicted octanol–water partition coefficient (Wildman–Crippen LogP) is 4.12. The SMILES string of the molecule is C[C@@H](CC(=O)OCC(=O)Nc1ccc(Br)cc1)c1ccccc1. The molecule has 2 aromatic rings. The van der Waals surface area contributed by atoms with Crippen molar-refractivity contribution in [1.82, 2.24) is 0 Å². The van der Waals surface area contributed by atoms with Gasteiger partial charge in [-0.25, -0.2) is 0 Å². The highest BCUT2D eigenvalue weighted by Gasteiger charge is 2.13. The molecule has 1 amide bonds. The number of anilines is 1. The molecule has 5 heteroatoms. The maximum Gasteiger partial charge on any atom is 0.306 e. The zero-order valence-corrected chi connectivity index (χ0v) is 14.4. The lowest BCUT2D eigenvalue weighted by molar-refractivity contribution is -0.147. The van der Waals surface area contributed by atoms with Gasteiger partial charge >= 0.3 is 5.97 Å². The van der Waals surface area contributed by atoms with Crippen molar-refractivity contribution in [2.45, 2.75) is 19.3 Å². The number of hydrogen-bond acceptors (Lipinski definition) is 3. The number of nitrogens with one attached hydrogen (secondary N) is 1. The van der Waals surface area contributed by atoms with Crippen LogP contribution in [0.1, 0.15) is 24.8 Å². The molecule has 2 rings (SSSR count). The van der Waals surface area contributed by atoms with Crippen LogP contribution in [0.3, 0.4) is 0 Å². The molecule has 120 valence electrons. The molecule has 1 atom stereocenters. The lowest BCUT2D eigenvalue weighted by Crippen LogP contribution is -2.21. The van der Waals surface area contributed by atoms with Crippen LogP contribution in [0.2, 0.25) is 0 Å². The molecule has 0 aromatic heterocycles. The molecule has 23 heavy (non-hydrogen) atoms. The quantitative estimate of drug-likeness (QED) is 0.772. The second-order valence-electron chi connectivity index (χ2n) is 5.23. The molecule has 2 aromatic carbocycles. The molecule has 0 aliphatic rings. The van der Waals surface area contributed by atoms with E-state index in [1.165, 1.54) is 0 Å². The van der Waals surface area contributed by atoms with Gasteiger partial charge in [0.1, 0.15) is 0 Å². The molecule has 0 fully saturated rings. The number of hydrogen-bond donors (Lipinski definition) is 1. The maximum atomic E-state index is 11.8. The molecule has 0 aliphatic carbocycles. The third-order valence-corrected chi connectivity index (χ3v) is 3.86. The topological polar surface area (TPSA) is 55.4 Å². The van der Waals surface area contributed by atoms with Gasteiger partial charge in [0.15, 0.2) is 6.61 Å². The maximum absolute atomic E-state index is 11.8. The highest BCUT2D eigenvalue weighted by Crippen LogP contribution is 2.19. The molecule has 0 radical (unpaired) electrons. The Bertz CT molecular complexity index is 656. The Kier molecular flexibility index (Phi) is 6.35. The van der Waals surface area contributed by atoms with Gasteiger partial charge in [-0.15, -0.1) is 0 Å². The van der Waals surface area contributed by atoms with E-state index >= 15 is 0 Å². The Labute approximate surface area is 144 Å². The molecule has 0 spiro atoms. The van der Waals surface area contributed by atoms with Gasteiger partial charge in [-0.1, -0.05) is 53.2 Å². The molecule has 1 N–H and O–H groups in total. The second-order valence-corrected chi connectivity index (χ2v) is 6.15. The summed E-state index contributed by atoms with van der Waals surface area (Å²) in [4.78, 5) is 23.6. The number of ether oxygens (including phenoxy) is 1. The molecule has 0 aliphatic heterocycles. The summed E-state index contributed by atoms with van der Waals surface area (Å²) in [6.07, 6.45) is 0.246. The van der Waals surface area contributed by atoms with Crippen LogP contribution < -0.4 is 5.32 Å². The van der Waals surface area contributed by atoms with Gasteiger partial charge < -0.3 is 10.1 Å². The summed E-state index contributed by atoms with van der Waals surface area (Å²) in [5, 5.41) is 2.67. The van der Waals surface area contributed by atoms with E-state index < -0.39 is 0 Å². The predicted molar refractivity (Wildman–Crippen MR) is 93.2 cm³/mol. The molecule has 0 saturated heterocycles. The molecule has 0 heterocycles. The minimum absolute atomic E-state index is 0.0539. The van der Waals surface area contributed by atoms with Crippen molar-refractivity contribution in [1.29, 1.82) is 0 Å². The van der Waals surface area contributed by atoms with Crippen molar-refractivity contribution in [2.75, 3.05) is 11.9 Å². The summed E-state index contributed by atoms with van der Waals surface area (Å²) in [7, 11) is 0. The third-order valence-electron chi connectivity index (χ3n) is 3.33. The van der Waals surface area contributed by atoms with E-state index in [2.05, 4.69) is 21.2 Å². The minimum atomic E-state index is -0.382. The van der Waals surface area contributed by atoms with Gasteiger partial charge in [0.05, 0.1) is 6.42 Å². The summed E-state index contributed by atoms with van der Waals surface area (Å²) in [6, 6.07) is 16.9. The van der Waals surface area contributed by atoms with Crippen LogP contribution in [0.25, 0.3) is 0 Å². The number of carbonyl (C=O) groups is 2. The van der Waals surface area contributed by atoms with E-state index in [1.807, 2.05) is 49.4 Å². The van der Waals surface area contributed by atoms with Crippen molar-refractivity contribution >= 4 is 33.5 Å². The van der Waals surface area contributed by atoms with Gasteiger partial charge in [0.25, 0.3) is 5.91 Å². The van der Waals surface area contributed by atoms with Crippen molar-refractivity contribution in [3.05, 3.63) is 64.6 Å². The van der Waals surface area contributed by atoms with E-state index in [4.69, 9.17) is 4.74 Å². The number of rotatable bonds is 6. The highest BCUT2D eigenvalue weighted by atomic mass is 79.9. The van der Waals surface area contributed by atoms with Gasteiger partial charge in [-0.3, -0.25) is 9.59 Å². The Morgan fingerprint density at radius 1 is 1.09 bits per heavy atom. The van der Waals surface area contributed by atoms with Gasteiger partial charge in [-0.05, 0) is 35.7 Å². The number of esters is 1. The first-order valence-corrected chi connectivity index (χ1v) is 8.10. The Morgan fingerprint density at radius 2 is 1.74 bits per heavy atom. The smallest absolute Gasteiger partial charge is 0.306 e. The first-order valence-electron chi connectivity index (χ1n) is 7.30. The third kappa shape index (κ3) is 5.87. The molecule has 4 nitrogen and oxygen atoms in total. The average molecular weight is 376 g/mol. The highest BCUT2D eigenvalue weighted by molar-refractivity contribution is 9.10. The van der Waals surface area contributed by atoms with Crippen molar-refractivity contribution in [3.8, 4) is 0 Å². The van der Waals surface area contributed by atoms with Gasteiger partial charge in [-0.2, -0.15) is 0 Å². The molecule has 0 unspecified atom stereocenters. The van der Waals surface area contributed by atoms with E-state index in [0.717, 1.165) is 10.0 Å². The molecule has 0 saturated carbocycles. The Balaban J connectivity index is 1.75. The summed E-state index contributed by atoms with van der Waals surface area (Å²) in [6.45, 7) is 1.68. The van der Waals surface area contributed by atoms with Crippen LogP contribution in [0, 0.1) is 0 Å². The number of halogens is 1. The first-order chi connectivity index (χ1) is 11.0. The molecular formula is C18H18BrNO3. The van der Waals surface area contributed by atoms with E-state index in [9.17, 15) is 9.59 Å². The molecule has 0 bridgehead atoms. The standard InChI is InChI=1S/C18H18BrNO3/c1-13(14-5-3-2-4-6-14)11-18(22)23-12-17(21)20-16-9-7-15(19)8-10-16/h2-10,13H,11-12H2,1H3,(H,20,21)/t13-/m0/s1. The average Bonchev–Trinajstić information content (AvgIpc) is 2.56. The fraction of sp³-hybridized carbons (Fsp3) is 0.222. The van der Waals surface area contributed by atoms with E-state index in [0.29, 0.717) is 5.69 Å². The number of carbonyl (C=O) groups excluding carboxylic acids is 2. The Morgan fingerprint density at radius 3 is 2.39 bits per heavy atom. The summed E-state index contributed by atoms with van der Waals surface area (Å²) in [5.41, 5.74) is 1.73. The first kappa shape index (κ1) is 17.2. The normalized spacial score (nSPS) is 11.6. The zero-order chi connectivity index (χ0) is 16.7. The second kappa shape index (κ2) is 8.48. The Hall–Kier alpha value is -2.14. The van der Waals surface area contributed by atoms with Crippen LogP contribution in [0.4, 0.5) is 5.69 Å². The largest absolute Gasteiger partial charge is 0.456 e. The van der Waals surface area contributed by atoms with Gasteiger partial charge in [0.2, 0.25) is 0 Å². The van der Waals surface area contributed by atoms with Crippen molar-refractivity contribution in [3.63, 3.8) is 0 Å². The number of amides is 1. The lowest BCUT2D eigenvalue weighted by Gasteiger charge is -2.11. The lowest BCUT2D eigenvalue weighted by atomic mass is 9.98. The van der Waals surface area contributed by atoms with Crippen LogP contribution >= 0.6 is 15.9 Å². The zero-order valence-electron chi connectivity index (χ0n) is 12.8. The van der Waals surface area contributed by atoms with Gasteiger partial charge in [0, 0.05) is 10.2 Å². The monoisotopic (exact) mass is 375 g/mol. The van der Waals surface area contributed by atoms with E-state index in [1.54, 1.807) is 12.1 Å².